The molecule has 0 saturated carbocycles. The van der Waals surface area contributed by atoms with E-state index in [1.807, 2.05) is 30.3 Å². The smallest absolute Gasteiger partial charge is 0.222 e. The zero-order valence-corrected chi connectivity index (χ0v) is 6.31. The molecule has 0 bridgehead atoms. The fourth-order valence-corrected chi connectivity index (χ4v) is 0.962. The standard InChI is InChI=1S/C9H6N3/c1-2-4-8(5-3-1)9-6-11-12-7-10-9/h1-6H. The van der Waals surface area contributed by atoms with E-state index in [0.29, 0.717) is 0 Å². The molecule has 0 N–H and O–H groups in total. The third-order valence-corrected chi connectivity index (χ3v) is 1.52. The summed E-state index contributed by atoms with van der Waals surface area (Å²) in [6, 6.07) is 9.81. The normalized spacial score (nSPS) is 9.67. The molecule has 0 fully saturated rings. The molecule has 1 radical (unpaired) electrons. The molecule has 1 heterocycles. The van der Waals surface area contributed by atoms with Crippen LogP contribution in [-0.2, 0) is 0 Å². The van der Waals surface area contributed by atoms with Crippen LogP contribution in [0.25, 0.3) is 11.3 Å². The van der Waals surface area contributed by atoms with Gasteiger partial charge in [0, 0.05) is 5.56 Å². The molecule has 0 spiro atoms. The number of hydrogen-bond donors (Lipinski definition) is 0. The Balaban J connectivity index is 2.46. The molecule has 57 valence electrons. The van der Waals surface area contributed by atoms with Crippen LogP contribution in [0.3, 0.4) is 0 Å². The fourth-order valence-electron chi connectivity index (χ4n) is 0.962. The van der Waals surface area contributed by atoms with Gasteiger partial charge in [-0.2, -0.15) is 5.10 Å². The van der Waals surface area contributed by atoms with Gasteiger partial charge in [0.05, 0.1) is 11.9 Å². The van der Waals surface area contributed by atoms with Crippen LogP contribution in [0.1, 0.15) is 0 Å². The molecule has 2 aromatic rings. The lowest BCUT2D eigenvalue weighted by molar-refractivity contribution is 0.962. The first kappa shape index (κ1) is 6.91. The average molecular weight is 156 g/mol. The molecule has 0 aliphatic heterocycles. The number of nitrogens with zero attached hydrogens (tertiary/aromatic N) is 3. The van der Waals surface area contributed by atoms with E-state index < -0.39 is 0 Å². The molecule has 0 aliphatic carbocycles. The highest BCUT2D eigenvalue weighted by atomic mass is 15.1. The minimum Gasteiger partial charge on any atom is -0.222 e. The Bertz CT molecular complexity index is 307. The van der Waals surface area contributed by atoms with Gasteiger partial charge in [0.15, 0.2) is 0 Å². The van der Waals surface area contributed by atoms with Crippen LogP contribution in [0.5, 0.6) is 0 Å². The molecule has 0 amide bonds. The Hall–Kier alpha value is -1.77. The molecule has 2 rings (SSSR count). The van der Waals surface area contributed by atoms with E-state index >= 15 is 0 Å². The van der Waals surface area contributed by atoms with Crippen molar-refractivity contribution in [1.29, 1.82) is 0 Å². The van der Waals surface area contributed by atoms with Crippen LogP contribution in [0, 0.1) is 6.33 Å². The molecule has 12 heavy (non-hydrogen) atoms. The maximum absolute atomic E-state index is 3.95. The summed E-state index contributed by atoms with van der Waals surface area (Å²) >= 11 is 0. The molecule has 1 aromatic carbocycles. The predicted molar refractivity (Wildman–Crippen MR) is 44.1 cm³/mol. The summed E-state index contributed by atoms with van der Waals surface area (Å²) in [5, 5.41) is 7.18. The molecule has 0 atom stereocenters. The minimum absolute atomic E-state index is 0.797. The van der Waals surface area contributed by atoms with Crippen molar-refractivity contribution >= 4 is 0 Å². The van der Waals surface area contributed by atoms with Gasteiger partial charge in [0.25, 0.3) is 0 Å². The van der Waals surface area contributed by atoms with Gasteiger partial charge in [-0.25, -0.2) is 4.98 Å². The Morgan fingerprint density at radius 3 is 2.58 bits per heavy atom. The van der Waals surface area contributed by atoms with Gasteiger partial charge in [-0.15, -0.1) is 5.10 Å². The molecular weight excluding hydrogens is 150 g/mol. The number of benzene rings is 1. The predicted octanol–water partition coefficient (Wildman–Crippen LogP) is 1.34. The Morgan fingerprint density at radius 2 is 1.92 bits per heavy atom. The molecule has 1 aromatic heterocycles. The van der Waals surface area contributed by atoms with E-state index in [2.05, 4.69) is 21.5 Å². The molecule has 0 saturated heterocycles. The first-order valence-electron chi connectivity index (χ1n) is 3.58. The molecule has 3 nitrogen and oxygen atoms in total. The largest absolute Gasteiger partial charge is 0.222 e. The van der Waals surface area contributed by atoms with E-state index in [9.17, 15) is 0 Å². The number of rotatable bonds is 1. The van der Waals surface area contributed by atoms with Crippen molar-refractivity contribution < 1.29 is 0 Å². The maximum atomic E-state index is 3.95. The average Bonchev–Trinajstić information content (AvgIpc) is 2.21. The number of aromatic nitrogens is 3. The molecule has 3 heteroatoms. The summed E-state index contributed by atoms with van der Waals surface area (Å²) in [6.45, 7) is 0. The van der Waals surface area contributed by atoms with Crippen molar-refractivity contribution in [2.24, 2.45) is 0 Å². The monoisotopic (exact) mass is 156 g/mol. The van der Waals surface area contributed by atoms with Gasteiger partial charge in [-0.05, 0) is 0 Å². The summed E-state index contributed by atoms with van der Waals surface area (Å²) < 4.78 is 0. The Labute approximate surface area is 70.1 Å². The van der Waals surface area contributed by atoms with Gasteiger partial charge in [0.1, 0.15) is 0 Å². The summed E-state index contributed by atoms with van der Waals surface area (Å²) in [5.41, 5.74) is 1.83. The van der Waals surface area contributed by atoms with Gasteiger partial charge < -0.3 is 0 Å². The topological polar surface area (TPSA) is 38.7 Å². The first-order chi connectivity index (χ1) is 5.97. The highest BCUT2D eigenvalue weighted by Gasteiger charge is 1.95. The lowest BCUT2D eigenvalue weighted by atomic mass is 10.2. The van der Waals surface area contributed by atoms with Crippen molar-refractivity contribution in [3.8, 4) is 11.3 Å². The zero-order chi connectivity index (χ0) is 8.23. The van der Waals surface area contributed by atoms with Crippen molar-refractivity contribution in [3.63, 3.8) is 0 Å². The van der Waals surface area contributed by atoms with Crippen molar-refractivity contribution in [2.45, 2.75) is 0 Å². The van der Waals surface area contributed by atoms with Gasteiger partial charge >= 0.3 is 0 Å². The van der Waals surface area contributed by atoms with Crippen LogP contribution in [0.15, 0.2) is 36.5 Å². The van der Waals surface area contributed by atoms with Gasteiger partial charge in [0.2, 0.25) is 6.33 Å². The third-order valence-electron chi connectivity index (χ3n) is 1.52. The van der Waals surface area contributed by atoms with Crippen LogP contribution in [0.2, 0.25) is 0 Å². The Morgan fingerprint density at radius 1 is 1.08 bits per heavy atom. The highest BCUT2D eigenvalue weighted by Crippen LogP contribution is 2.12. The minimum atomic E-state index is 0.797. The lowest BCUT2D eigenvalue weighted by Gasteiger charge is -1.95. The van der Waals surface area contributed by atoms with Gasteiger partial charge in [-0.1, -0.05) is 30.3 Å². The second-order valence-corrected chi connectivity index (χ2v) is 2.31. The van der Waals surface area contributed by atoms with E-state index in [0.717, 1.165) is 11.3 Å². The second kappa shape index (κ2) is 3.09. The SMILES string of the molecule is [c]1nncc(-c2ccccc2)n1. The van der Waals surface area contributed by atoms with Crippen LogP contribution in [0.4, 0.5) is 0 Å². The van der Waals surface area contributed by atoms with Crippen molar-refractivity contribution in [3.05, 3.63) is 42.9 Å². The summed E-state index contributed by atoms with van der Waals surface area (Å²) in [6.07, 6.45) is 4.07. The quantitative estimate of drug-likeness (QED) is 0.625. The van der Waals surface area contributed by atoms with Gasteiger partial charge in [-0.3, -0.25) is 0 Å². The van der Waals surface area contributed by atoms with Crippen molar-refractivity contribution in [1.82, 2.24) is 15.2 Å². The summed E-state index contributed by atoms with van der Waals surface area (Å²) in [5.74, 6) is 0. The summed E-state index contributed by atoms with van der Waals surface area (Å²) in [4.78, 5) is 3.95. The van der Waals surface area contributed by atoms with E-state index in [-0.39, 0.29) is 0 Å². The summed E-state index contributed by atoms with van der Waals surface area (Å²) in [7, 11) is 0. The Kier molecular flexibility index (Phi) is 1.78. The fraction of sp³-hybridized carbons (Fsp3) is 0. The highest BCUT2D eigenvalue weighted by molar-refractivity contribution is 5.56. The first-order valence-corrected chi connectivity index (χ1v) is 3.58. The molecular formula is C9H6N3. The van der Waals surface area contributed by atoms with Crippen LogP contribution < -0.4 is 0 Å². The lowest BCUT2D eigenvalue weighted by Crippen LogP contribution is -1.86. The zero-order valence-electron chi connectivity index (χ0n) is 6.31. The maximum Gasteiger partial charge on any atom is 0.222 e. The third kappa shape index (κ3) is 1.29. The molecule has 0 aliphatic rings. The van der Waals surface area contributed by atoms with Crippen LogP contribution >= 0.6 is 0 Å². The van der Waals surface area contributed by atoms with E-state index in [1.165, 1.54) is 0 Å². The van der Waals surface area contributed by atoms with Crippen LogP contribution in [-0.4, -0.2) is 15.2 Å². The molecule has 0 unspecified atom stereocenters. The van der Waals surface area contributed by atoms with E-state index in [1.54, 1.807) is 6.20 Å². The van der Waals surface area contributed by atoms with E-state index in [4.69, 9.17) is 0 Å². The second-order valence-electron chi connectivity index (χ2n) is 2.31. The van der Waals surface area contributed by atoms with Crippen molar-refractivity contribution in [2.75, 3.05) is 0 Å². The number of hydrogen-bond acceptors (Lipinski definition) is 3.